The number of H-pyrrole nitrogens is 1. The molecule has 0 fully saturated rings. The Morgan fingerprint density at radius 2 is 2.10 bits per heavy atom. The number of aromatic amines is 1. The van der Waals surface area contributed by atoms with Gasteiger partial charge in [-0.1, -0.05) is 17.7 Å². The summed E-state index contributed by atoms with van der Waals surface area (Å²) in [6, 6.07) is 7.20. The summed E-state index contributed by atoms with van der Waals surface area (Å²) in [6.07, 6.45) is 0. The van der Waals surface area contributed by atoms with Crippen LogP contribution in [0, 0.1) is 0 Å². The minimum atomic E-state index is -0.749. The number of hydrogen-bond donors (Lipinski definition) is 1. The van der Waals surface area contributed by atoms with Gasteiger partial charge in [0.1, 0.15) is 0 Å². The Bertz CT molecular complexity index is 717. The van der Waals surface area contributed by atoms with Gasteiger partial charge >= 0.3 is 5.97 Å². The van der Waals surface area contributed by atoms with Crippen molar-refractivity contribution in [2.45, 2.75) is 6.92 Å². The van der Waals surface area contributed by atoms with E-state index in [9.17, 15) is 14.4 Å². The summed E-state index contributed by atoms with van der Waals surface area (Å²) in [4.78, 5) is 35.3. The molecule has 0 unspecified atom stereocenters. The molecule has 0 aliphatic heterocycles. The molecular formula is C13H11ClN2O4. The molecule has 0 amide bonds. The van der Waals surface area contributed by atoms with Crippen LogP contribution < -0.4 is 5.56 Å². The summed E-state index contributed by atoms with van der Waals surface area (Å²) in [5.74, 6) is -1.32. The largest absolute Gasteiger partial charge is 0.461 e. The normalized spacial score (nSPS) is 10.3. The fraction of sp³-hybridized carbons (Fsp3) is 0.154. The molecule has 2 rings (SSSR count). The molecule has 0 radical (unpaired) electrons. The maximum Gasteiger partial charge on any atom is 0.357 e. The second kappa shape index (κ2) is 5.75. The van der Waals surface area contributed by atoms with Crippen molar-refractivity contribution >= 4 is 23.5 Å². The lowest BCUT2D eigenvalue weighted by Gasteiger charge is -2.06. The SMILES string of the molecule is CCOC(=O)c1cc(=O)[nH]n1C(=O)c1cccc(Cl)c1. The number of benzene rings is 1. The van der Waals surface area contributed by atoms with Crippen molar-refractivity contribution in [2.24, 2.45) is 0 Å². The fourth-order valence-corrected chi connectivity index (χ4v) is 1.85. The quantitative estimate of drug-likeness (QED) is 0.874. The Kier molecular flexibility index (Phi) is 4.05. The van der Waals surface area contributed by atoms with Crippen LogP contribution >= 0.6 is 11.6 Å². The summed E-state index contributed by atoms with van der Waals surface area (Å²) in [6.45, 7) is 1.77. The topological polar surface area (TPSA) is 81.2 Å². The molecule has 0 saturated heterocycles. The number of rotatable bonds is 3. The van der Waals surface area contributed by atoms with Gasteiger partial charge in [0, 0.05) is 16.7 Å². The predicted molar refractivity (Wildman–Crippen MR) is 72.2 cm³/mol. The number of nitrogens with one attached hydrogen (secondary N) is 1. The van der Waals surface area contributed by atoms with Crippen LogP contribution in [0.1, 0.15) is 27.8 Å². The number of hydrogen-bond acceptors (Lipinski definition) is 4. The number of halogens is 1. The van der Waals surface area contributed by atoms with E-state index in [-0.39, 0.29) is 17.9 Å². The van der Waals surface area contributed by atoms with Gasteiger partial charge in [0.15, 0.2) is 5.69 Å². The van der Waals surface area contributed by atoms with E-state index < -0.39 is 17.4 Å². The van der Waals surface area contributed by atoms with Gasteiger partial charge in [-0.15, -0.1) is 0 Å². The maximum atomic E-state index is 12.3. The lowest BCUT2D eigenvalue weighted by Crippen LogP contribution is -2.21. The third-order valence-electron chi connectivity index (χ3n) is 2.49. The third-order valence-corrected chi connectivity index (χ3v) is 2.73. The highest BCUT2D eigenvalue weighted by atomic mass is 35.5. The molecule has 6 nitrogen and oxygen atoms in total. The Balaban J connectivity index is 2.45. The molecular weight excluding hydrogens is 284 g/mol. The average molecular weight is 295 g/mol. The highest BCUT2D eigenvalue weighted by Crippen LogP contribution is 2.12. The number of ether oxygens (including phenoxy) is 1. The van der Waals surface area contributed by atoms with Crippen molar-refractivity contribution in [1.82, 2.24) is 9.78 Å². The van der Waals surface area contributed by atoms with Gasteiger partial charge in [0.25, 0.3) is 11.5 Å². The summed E-state index contributed by atoms with van der Waals surface area (Å²) in [5.41, 5.74) is -0.472. The van der Waals surface area contributed by atoms with Crippen molar-refractivity contribution in [3.05, 3.63) is 57.0 Å². The molecule has 0 spiro atoms. The molecule has 1 heterocycles. The van der Waals surface area contributed by atoms with Gasteiger partial charge in [-0.2, -0.15) is 0 Å². The first kappa shape index (κ1) is 14.1. The van der Waals surface area contributed by atoms with Gasteiger partial charge < -0.3 is 4.74 Å². The number of esters is 1. The number of aromatic nitrogens is 2. The molecule has 0 aliphatic rings. The van der Waals surface area contributed by atoms with Crippen LogP contribution in [-0.2, 0) is 4.74 Å². The molecule has 0 aliphatic carbocycles. The lowest BCUT2D eigenvalue weighted by atomic mass is 10.2. The van der Waals surface area contributed by atoms with E-state index in [1.807, 2.05) is 0 Å². The zero-order valence-electron chi connectivity index (χ0n) is 10.6. The summed E-state index contributed by atoms with van der Waals surface area (Å²) in [5, 5.41) is 2.65. The minimum absolute atomic E-state index is 0.142. The Hall–Kier alpha value is -2.34. The van der Waals surface area contributed by atoms with Gasteiger partial charge in [0.2, 0.25) is 0 Å². The zero-order valence-corrected chi connectivity index (χ0v) is 11.3. The van der Waals surface area contributed by atoms with Crippen LogP contribution in [0.15, 0.2) is 35.1 Å². The second-order valence-corrected chi connectivity index (χ2v) is 4.31. The van der Waals surface area contributed by atoms with Gasteiger partial charge in [-0.05, 0) is 25.1 Å². The molecule has 7 heteroatoms. The van der Waals surface area contributed by atoms with Crippen LogP contribution in [0.5, 0.6) is 0 Å². The number of nitrogens with zero attached hydrogens (tertiary/aromatic N) is 1. The summed E-state index contributed by atoms with van der Waals surface area (Å²) >= 11 is 5.81. The molecule has 1 aromatic carbocycles. The lowest BCUT2D eigenvalue weighted by molar-refractivity contribution is 0.0507. The Morgan fingerprint density at radius 3 is 2.75 bits per heavy atom. The molecule has 1 aromatic heterocycles. The zero-order chi connectivity index (χ0) is 14.7. The summed E-state index contributed by atoms with van der Waals surface area (Å²) in [7, 11) is 0. The average Bonchev–Trinajstić information content (AvgIpc) is 2.80. The molecule has 0 atom stereocenters. The van der Waals surface area contributed by atoms with E-state index in [1.165, 1.54) is 12.1 Å². The van der Waals surface area contributed by atoms with Crippen LogP contribution in [0.2, 0.25) is 5.02 Å². The third kappa shape index (κ3) is 2.80. The predicted octanol–water partition coefficient (Wildman–Crippen LogP) is 1.69. The molecule has 0 bridgehead atoms. The highest BCUT2D eigenvalue weighted by molar-refractivity contribution is 6.31. The fourth-order valence-electron chi connectivity index (χ4n) is 1.66. The Morgan fingerprint density at radius 1 is 1.35 bits per heavy atom. The van der Waals surface area contributed by atoms with E-state index in [4.69, 9.17) is 16.3 Å². The van der Waals surface area contributed by atoms with Crippen LogP contribution in [0.4, 0.5) is 0 Å². The van der Waals surface area contributed by atoms with Crippen molar-refractivity contribution < 1.29 is 14.3 Å². The van der Waals surface area contributed by atoms with E-state index in [2.05, 4.69) is 5.10 Å². The number of carbonyl (C=O) groups is 2. The number of carbonyl (C=O) groups excluding carboxylic acids is 2. The molecule has 1 N–H and O–H groups in total. The van der Waals surface area contributed by atoms with E-state index in [0.717, 1.165) is 10.7 Å². The Labute approximate surface area is 118 Å². The van der Waals surface area contributed by atoms with Crippen LogP contribution in [0.25, 0.3) is 0 Å². The first-order chi connectivity index (χ1) is 9.52. The van der Waals surface area contributed by atoms with Gasteiger partial charge in [-0.3, -0.25) is 14.7 Å². The van der Waals surface area contributed by atoms with Crippen molar-refractivity contribution in [3.8, 4) is 0 Å². The first-order valence-corrected chi connectivity index (χ1v) is 6.20. The van der Waals surface area contributed by atoms with Crippen molar-refractivity contribution in [3.63, 3.8) is 0 Å². The smallest absolute Gasteiger partial charge is 0.357 e. The second-order valence-electron chi connectivity index (χ2n) is 3.88. The molecule has 2 aromatic rings. The van der Waals surface area contributed by atoms with Crippen molar-refractivity contribution in [1.29, 1.82) is 0 Å². The van der Waals surface area contributed by atoms with Crippen LogP contribution in [0.3, 0.4) is 0 Å². The molecule has 0 saturated carbocycles. The summed E-state index contributed by atoms with van der Waals surface area (Å²) < 4.78 is 5.65. The standard InChI is InChI=1S/C13H11ClN2O4/c1-2-20-13(19)10-7-11(17)15-16(10)12(18)8-4-3-5-9(14)6-8/h3-7H,2H2,1H3,(H,15,17). The van der Waals surface area contributed by atoms with E-state index >= 15 is 0 Å². The van der Waals surface area contributed by atoms with E-state index in [1.54, 1.807) is 19.1 Å². The monoisotopic (exact) mass is 294 g/mol. The highest BCUT2D eigenvalue weighted by Gasteiger charge is 2.20. The van der Waals surface area contributed by atoms with Gasteiger partial charge in [0.05, 0.1) is 6.61 Å². The minimum Gasteiger partial charge on any atom is -0.461 e. The molecule has 104 valence electrons. The first-order valence-electron chi connectivity index (χ1n) is 5.82. The molecule has 20 heavy (non-hydrogen) atoms. The van der Waals surface area contributed by atoms with Gasteiger partial charge in [-0.25, -0.2) is 9.48 Å². The van der Waals surface area contributed by atoms with Crippen molar-refractivity contribution in [2.75, 3.05) is 6.61 Å². The van der Waals surface area contributed by atoms with Crippen LogP contribution in [-0.4, -0.2) is 28.3 Å². The van der Waals surface area contributed by atoms with E-state index in [0.29, 0.717) is 5.02 Å². The maximum absolute atomic E-state index is 12.3.